The van der Waals surface area contributed by atoms with E-state index in [4.69, 9.17) is 0 Å². The number of hydrogen-bond acceptors (Lipinski definition) is 3. The van der Waals surface area contributed by atoms with E-state index in [-0.39, 0.29) is 11.8 Å². The monoisotopic (exact) mass is 375 g/mol. The van der Waals surface area contributed by atoms with E-state index in [0.717, 1.165) is 48.2 Å². The summed E-state index contributed by atoms with van der Waals surface area (Å²) in [6.45, 7) is 3.50. The molecule has 1 fully saturated rings. The first-order valence-electron chi connectivity index (χ1n) is 8.88. The van der Waals surface area contributed by atoms with Crippen LogP contribution in [0.2, 0.25) is 0 Å². The van der Waals surface area contributed by atoms with Crippen molar-refractivity contribution in [3.05, 3.63) is 65.9 Å². The molecule has 0 amide bonds. The Morgan fingerprint density at radius 2 is 1.67 bits per heavy atom. The molecule has 0 bridgehead atoms. The van der Waals surface area contributed by atoms with Crippen LogP contribution < -0.4 is 10.1 Å². The number of para-hydroxylation sites is 1. The highest BCUT2D eigenvalue weighted by molar-refractivity contribution is 5.84. The van der Waals surface area contributed by atoms with Crippen molar-refractivity contribution in [1.29, 1.82) is 0 Å². The van der Waals surface area contributed by atoms with Gasteiger partial charge in [0.25, 0.3) is 0 Å². The van der Waals surface area contributed by atoms with Crippen LogP contribution in [-0.4, -0.2) is 42.4 Å². The summed E-state index contributed by atoms with van der Waals surface area (Å²) in [5, 5.41) is 4.47. The molecule has 1 aliphatic rings. The number of piperazine rings is 1. The molecule has 4 nitrogen and oxygen atoms in total. The lowest BCUT2D eigenvalue weighted by Gasteiger charge is -2.35. The molecule has 0 saturated carbocycles. The van der Waals surface area contributed by atoms with Crippen molar-refractivity contribution in [3.8, 4) is 5.75 Å². The second-order valence-electron chi connectivity index (χ2n) is 6.59. The zero-order chi connectivity index (χ0) is 18.9. The summed E-state index contributed by atoms with van der Waals surface area (Å²) in [4.78, 5) is 5.66. The molecule has 2 aromatic carbocycles. The third-order valence-electron chi connectivity index (χ3n) is 4.86. The molecule has 2 heterocycles. The third kappa shape index (κ3) is 3.94. The van der Waals surface area contributed by atoms with Gasteiger partial charge >= 0.3 is 6.36 Å². The van der Waals surface area contributed by atoms with E-state index in [9.17, 15) is 13.2 Å². The molecule has 3 aromatic rings. The first-order valence-corrected chi connectivity index (χ1v) is 8.88. The van der Waals surface area contributed by atoms with Crippen LogP contribution in [0.4, 0.5) is 13.2 Å². The number of aromatic nitrogens is 1. The minimum atomic E-state index is -4.68. The fourth-order valence-electron chi connectivity index (χ4n) is 3.70. The first-order chi connectivity index (χ1) is 13.0. The molecular formula is C20H20F3N3O. The van der Waals surface area contributed by atoms with E-state index in [1.54, 1.807) is 12.1 Å². The second-order valence-corrected chi connectivity index (χ2v) is 6.59. The van der Waals surface area contributed by atoms with Crippen LogP contribution in [0.15, 0.2) is 54.7 Å². The van der Waals surface area contributed by atoms with Gasteiger partial charge in [-0.05, 0) is 29.3 Å². The lowest BCUT2D eigenvalue weighted by Crippen LogP contribution is -2.45. The average Bonchev–Trinajstić information content (AvgIpc) is 3.07. The average molecular weight is 375 g/mol. The van der Waals surface area contributed by atoms with Gasteiger partial charge in [0.05, 0.1) is 6.04 Å². The summed E-state index contributed by atoms with van der Waals surface area (Å²) in [5.74, 6) is -0.204. The maximum atomic E-state index is 12.4. The van der Waals surface area contributed by atoms with Gasteiger partial charge in [0.2, 0.25) is 0 Å². The number of fused-ring (bicyclic) bond motifs is 1. The SMILES string of the molecule is FC(F)(F)Oc1ccc([C@H](c2c[nH]c3ccccc23)N2CCNCC2)cc1. The Balaban J connectivity index is 1.72. The van der Waals surface area contributed by atoms with Crippen LogP contribution in [0.5, 0.6) is 5.75 Å². The number of halogens is 3. The molecule has 1 aromatic heterocycles. The van der Waals surface area contributed by atoms with E-state index in [0.29, 0.717) is 0 Å². The van der Waals surface area contributed by atoms with Crippen molar-refractivity contribution >= 4 is 10.9 Å². The van der Waals surface area contributed by atoms with Crippen molar-refractivity contribution in [2.45, 2.75) is 12.4 Å². The zero-order valence-corrected chi connectivity index (χ0v) is 14.6. The predicted octanol–water partition coefficient (Wildman–Crippen LogP) is 4.06. The highest BCUT2D eigenvalue weighted by atomic mass is 19.4. The van der Waals surface area contributed by atoms with Gasteiger partial charge in [-0.3, -0.25) is 4.90 Å². The number of aromatic amines is 1. The Bertz CT molecular complexity index is 899. The zero-order valence-electron chi connectivity index (χ0n) is 14.6. The summed E-state index contributed by atoms with van der Waals surface area (Å²) in [6, 6.07) is 14.2. The van der Waals surface area contributed by atoms with Gasteiger partial charge in [0, 0.05) is 43.3 Å². The summed E-state index contributed by atoms with van der Waals surface area (Å²) < 4.78 is 41.4. The fourth-order valence-corrected chi connectivity index (χ4v) is 3.70. The predicted molar refractivity (Wildman–Crippen MR) is 97.7 cm³/mol. The van der Waals surface area contributed by atoms with E-state index >= 15 is 0 Å². The molecule has 4 rings (SSSR count). The van der Waals surface area contributed by atoms with E-state index in [1.807, 2.05) is 24.4 Å². The van der Waals surface area contributed by atoms with Gasteiger partial charge in [0.15, 0.2) is 0 Å². The molecule has 0 spiro atoms. The molecule has 1 saturated heterocycles. The molecule has 1 atom stereocenters. The Morgan fingerprint density at radius 1 is 0.963 bits per heavy atom. The van der Waals surface area contributed by atoms with Crippen LogP contribution in [-0.2, 0) is 0 Å². The summed E-state index contributed by atoms with van der Waals surface area (Å²) in [7, 11) is 0. The highest BCUT2D eigenvalue weighted by Gasteiger charge is 2.31. The largest absolute Gasteiger partial charge is 0.573 e. The van der Waals surface area contributed by atoms with Gasteiger partial charge in [-0.15, -0.1) is 13.2 Å². The molecule has 1 aliphatic heterocycles. The molecule has 7 heteroatoms. The van der Waals surface area contributed by atoms with Crippen LogP contribution in [0.3, 0.4) is 0 Å². The summed E-state index contributed by atoms with van der Waals surface area (Å²) in [6.07, 6.45) is -2.69. The van der Waals surface area contributed by atoms with Crippen molar-refractivity contribution in [3.63, 3.8) is 0 Å². The number of rotatable bonds is 4. The fraction of sp³-hybridized carbons (Fsp3) is 0.300. The van der Waals surface area contributed by atoms with E-state index in [1.165, 1.54) is 12.1 Å². The standard InChI is InChI=1S/C20H20F3N3O/c21-20(22,23)27-15-7-5-14(6-8-15)19(26-11-9-24-10-12-26)17-13-25-18-4-2-1-3-16(17)18/h1-8,13,19,24-25H,9-12H2/t19-/m1/s1. The van der Waals surface area contributed by atoms with Crippen LogP contribution in [0.1, 0.15) is 17.2 Å². The lowest BCUT2D eigenvalue weighted by atomic mass is 9.96. The first kappa shape index (κ1) is 17.9. The summed E-state index contributed by atoms with van der Waals surface area (Å²) in [5.41, 5.74) is 3.11. The van der Waals surface area contributed by atoms with Gasteiger partial charge in [0.1, 0.15) is 5.75 Å². The third-order valence-corrected chi connectivity index (χ3v) is 4.86. The number of H-pyrrole nitrogens is 1. The minimum Gasteiger partial charge on any atom is -0.406 e. The molecule has 0 aliphatic carbocycles. The maximum absolute atomic E-state index is 12.4. The molecule has 0 radical (unpaired) electrons. The minimum absolute atomic E-state index is 0.0387. The van der Waals surface area contributed by atoms with E-state index in [2.05, 4.69) is 26.0 Å². The quantitative estimate of drug-likeness (QED) is 0.723. The van der Waals surface area contributed by atoms with Crippen molar-refractivity contribution < 1.29 is 17.9 Å². The number of nitrogens with one attached hydrogen (secondary N) is 2. The topological polar surface area (TPSA) is 40.3 Å². The Kier molecular flexibility index (Phi) is 4.80. The molecule has 27 heavy (non-hydrogen) atoms. The van der Waals surface area contributed by atoms with Crippen LogP contribution in [0, 0.1) is 0 Å². The van der Waals surface area contributed by atoms with Gasteiger partial charge in [-0.1, -0.05) is 30.3 Å². The molecule has 2 N–H and O–H groups in total. The molecular weight excluding hydrogens is 355 g/mol. The van der Waals surface area contributed by atoms with Crippen molar-refractivity contribution in [2.75, 3.05) is 26.2 Å². The molecule has 0 unspecified atom stereocenters. The van der Waals surface area contributed by atoms with Crippen molar-refractivity contribution in [1.82, 2.24) is 15.2 Å². The van der Waals surface area contributed by atoms with Gasteiger partial charge < -0.3 is 15.0 Å². The summed E-state index contributed by atoms with van der Waals surface area (Å²) >= 11 is 0. The number of alkyl halides is 3. The normalized spacial score (nSPS) is 17.1. The van der Waals surface area contributed by atoms with Crippen LogP contribution >= 0.6 is 0 Å². The number of benzene rings is 2. The van der Waals surface area contributed by atoms with Crippen LogP contribution in [0.25, 0.3) is 10.9 Å². The maximum Gasteiger partial charge on any atom is 0.573 e. The van der Waals surface area contributed by atoms with Gasteiger partial charge in [-0.2, -0.15) is 0 Å². The number of hydrogen-bond donors (Lipinski definition) is 2. The van der Waals surface area contributed by atoms with Gasteiger partial charge in [-0.25, -0.2) is 0 Å². The number of nitrogens with zero attached hydrogens (tertiary/aromatic N) is 1. The smallest absolute Gasteiger partial charge is 0.406 e. The second kappa shape index (κ2) is 7.25. The van der Waals surface area contributed by atoms with E-state index < -0.39 is 6.36 Å². The molecule has 142 valence electrons. The number of ether oxygens (including phenoxy) is 1. The Labute approximate surface area is 154 Å². The van der Waals surface area contributed by atoms with Crippen molar-refractivity contribution in [2.24, 2.45) is 0 Å². The Morgan fingerprint density at radius 3 is 2.37 bits per heavy atom. The highest BCUT2D eigenvalue weighted by Crippen LogP contribution is 2.35. The Hall–Kier alpha value is -2.51. The lowest BCUT2D eigenvalue weighted by molar-refractivity contribution is -0.274.